The van der Waals surface area contributed by atoms with E-state index in [2.05, 4.69) is 10.1 Å². The predicted molar refractivity (Wildman–Crippen MR) is 45.0 cm³/mol. The van der Waals surface area contributed by atoms with Crippen LogP contribution in [0.5, 0.6) is 0 Å². The van der Waals surface area contributed by atoms with Crippen LogP contribution in [0.2, 0.25) is 0 Å². The molecule has 0 amide bonds. The molecule has 0 spiro atoms. The van der Waals surface area contributed by atoms with Gasteiger partial charge in [0, 0.05) is 18.6 Å². The average Bonchev–Trinajstić information content (AvgIpc) is 2.50. The summed E-state index contributed by atoms with van der Waals surface area (Å²) in [6.45, 7) is 3.09. The number of fused-ring (bicyclic) bond motifs is 1. The lowest BCUT2D eigenvalue weighted by atomic mass is 10.2. The fourth-order valence-corrected chi connectivity index (χ4v) is 2.23. The van der Waals surface area contributed by atoms with Gasteiger partial charge in [0.05, 0.1) is 19.8 Å². The maximum absolute atomic E-state index is 10.1. The highest BCUT2D eigenvalue weighted by atomic mass is 16.5. The molecule has 2 saturated heterocycles. The molecular formula is C8H14N2O2. The van der Waals surface area contributed by atoms with Crippen LogP contribution in [0.1, 0.15) is 12.8 Å². The van der Waals surface area contributed by atoms with Gasteiger partial charge in [0.15, 0.2) is 0 Å². The fraction of sp³-hybridized carbons (Fsp3) is 1.00. The van der Waals surface area contributed by atoms with Crippen LogP contribution in [0.15, 0.2) is 5.18 Å². The molecule has 0 saturated carbocycles. The van der Waals surface area contributed by atoms with Crippen molar-refractivity contribution in [2.75, 3.05) is 26.3 Å². The molecule has 2 rings (SSSR count). The minimum absolute atomic E-state index is 0.399. The van der Waals surface area contributed by atoms with Gasteiger partial charge >= 0.3 is 0 Å². The minimum Gasteiger partial charge on any atom is -0.378 e. The molecule has 0 aromatic heterocycles. The van der Waals surface area contributed by atoms with Crippen molar-refractivity contribution >= 4 is 0 Å². The Kier molecular flexibility index (Phi) is 2.37. The van der Waals surface area contributed by atoms with Crippen LogP contribution >= 0.6 is 0 Å². The molecule has 12 heavy (non-hydrogen) atoms. The third kappa shape index (κ3) is 1.36. The molecule has 0 aromatic rings. The molecule has 2 unspecified atom stereocenters. The molecular weight excluding hydrogens is 156 g/mol. The zero-order valence-electron chi connectivity index (χ0n) is 7.11. The van der Waals surface area contributed by atoms with Gasteiger partial charge in [0.1, 0.15) is 0 Å². The molecule has 0 aliphatic carbocycles. The average molecular weight is 170 g/mol. The lowest BCUT2D eigenvalue weighted by Crippen LogP contribution is -2.45. The maximum atomic E-state index is 10.1. The largest absolute Gasteiger partial charge is 0.378 e. The first-order valence-corrected chi connectivity index (χ1v) is 4.54. The Labute approximate surface area is 71.9 Å². The number of nitrogens with zero attached hydrogens (tertiary/aromatic N) is 2. The van der Waals surface area contributed by atoms with E-state index in [9.17, 15) is 4.91 Å². The molecule has 68 valence electrons. The summed E-state index contributed by atoms with van der Waals surface area (Å²) in [7, 11) is 0. The molecule has 4 heteroatoms. The molecule has 2 atom stereocenters. The summed E-state index contributed by atoms with van der Waals surface area (Å²) in [6, 6.07) is 0.960. The van der Waals surface area contributed by atoms with Crippen LogP contribution in [-0.4, -0.2) is 43.3 Å². The number of morpholine rings is 1. The highest BCUT2D eigenvalue weighted by molar-refractivity contribution is 4.90. The highest BCUT2D eigenvalue weighted by Gasteiger charge is 2.35. The van der Waals surface area contributed by atoms with Gasteiger partial charge in [-0.1, -0.05) is 5.18 Å². The lowest BCUT2D eigenvalue weighted by Gasteiger charge is -2.32. The summed E-state index contributed by atoms with van der Waals surface area (Å²) in [5, 5.41) is 2.98. The molecule has 2 fully saturated rings. The highest BCUT2D eigenvalue weighted by Crippen LogP contribution is 2.26. The fourth-order valence-electron chi connectivity index (χ4n) is 2.23. The monoisotopic (exact) mass is 170 g/mol. The summed E-state index contributed by atoms with van der Waals surface area (Å²) in [4.78, 5) is 12.5. The zero-order valence-corrected chi connectivity index (χ0v) is 7.11. The van der Waals surface area contributed by atoms with Crippen LogP contribution in [0.25, 0.3) is 0 Å². The van der Waals surface area contributed by atoms with Crippen molar-refractivity contribution in [2.45, 2.75) is 24.9 Å². The van der Waals surface area contributed by atoms with E-state index in [1.165, 1.54) is 6.42 Å². The SMILES string of the molecule is O=NCC1CCC2COCCN12. The van der Waals surface area contributed by atoms with E-state index in [1.54, 1.807) is 0 Å². The summed E-state index contributed by atoms with van der Waals surface area (Å²) >= 11 is 0. The first kappa shape index (κ1) is 8.13. The smallest absolute Gasteiger partial charge is 0.0966 e. The van der Waals surface area contributed by atoms with Crippen LogP contribution in [-0.2, 0) is 4.74 Å². The summed E-state index contributed by atoms with van der Waals surface area (Å²) < 4.78 is 5.36. The van der Waals surface area contributed by atoms with Crippen molar-refractivity contribution in [2.24, 2.45) is 5.18 Å². The van der Waals surface area contributed by atoms with Crippen molar-refractivity contribution in [1.29, 1.82) is 0 Å². The minimum atomic E-state index is 0.399. The molecule has 0 bridgehead atoms. The predicted octanol–water partition coefficient (Wildman–Crippen LogP) is 0.616. The van der Waals surface area contributed by atoms with Gasteiger partial charge in [-0.25, -0.2) is 0 Å². The first-order chi connectivity index (χ1) is 5.92. The van der Waals surface area contributed by atoms with Crippen molar-refractivity contribution in [3.8, 4) is 0 Å². The number of rotatable bonds is 2. The molecule has 0 radical (unpaired) electrons. The van der Waals surface area contributed by atoms with E-state index in [1.807, 2.05) is 0 Å². The second kappa shape index (κ2) is 3.49. The summed E-state index contributed by atoms with van der Waals surface area (Å²) in [5.74, 6) is 0. The lowest BCUT2D eigenvalue weighted by molar-refractivity contribution is -0.00128. The third-order valence-corrected chi connectivity index (χ3v) is 2.86. The van der Waals surface area contributed by atoms with Crippen LogP contribution in [0.3, 0.4) is 0 Å². The van der Waals surface area contributed by atoms with Gasteiger partial charge in [0.25, 0.3) is 0 Å². The summed E-state index contributed by atoms with van der Waals surface area (Å²) in [6.07, 6.45) is 2.28. The Hall–Kier alpha value is -0.480. The van der Waals surface area contributed by atoms with Crippen LogP contribution in [0.4, 0.5) is 0 Å². The van der Waals surface area contributed by atoms with E-state index < -0.39 is 0 Å². The van der Waals surface area contributed by atoms with E-state index in [-0.39, 0.29) is 0 Å². The first-order valence-electron chi connectivity index (χ1n) is 4.54. The van der Waals surface area contributed by atoms with Crippen molar-refractivity contribution in [3.63, 3.8) is 0 Å². The zero-order chi connectivity index (χ0) is 8.39. The van der Waals surface area contributed by atoms with Gasteiger partial charge < -0.3 is 4.74 Å². The number of ether oxygens (including phenoxy) is 1. The standard InChI is InChI=1S/C8H14N2O2/c11-9-5-7-1-2-8-6-12-4-3-10(7)8/h7-8H,1-6H2. The molecule has 2 heterocycles. The second-order valence-electron chi connectivity index (χ2n) is 3.51. The van der Waals surface area contributed by atoms with Gasteiger partial charge in [-0.2, -0.15) is 4.91 Å². The van der Waals surface area contributed by atoms with Crippen LogP contribution in [0, 0.1) is 4.91 Å². The van der Waals surface area contributed by atoms with Crippen molar-refractivity contribution in [1.82, 2.24) is 4.90 Å². The summed E-state index contributed by atoms with van der Waals surface area (Å²) in [5.41, 5.74) is 0. The number of hydrogen-bond acceptors (Lipinski definition) is 4. The van der Waals surface area contributed by atoms with Crippen molar-refractivity contribution in [3.05, 3.63) is 4.91 Å². The van der Waals surface area contributed by atoms with Gasteiger partial charge in [-0.3, -0.25) is 4.90 Å². The maximum Gasteiger partial charge on any atom is 0.0966 e. The normalized spacial score (nSPS) is 36.3. The van der Waals surface area contributed by atoms with Crippen molar-refractivity contribution < 1.29 is 4.74 Å². The third-order valence-electron chi connectivity index (χ3n) is 2.86. The molecule has 2 aliphatic heterocycles. The number of hydrogen-bond donors (Lipinski definition) is 0. The molecule has 0 N–H and O–H groups in total. The van der Waals surface area contributed by atoms with Crippen LogP contribution < -0.4 is 0 Å². The van der Waals surface area contributed by atoms with Gasteiger partial charge in [-0.05, 0) is 12.8 Å². The Bertz CT molecular complexity index is 174. The Morgan fingerprint density at radius 1 is 1.50 bits per heavy atom. The second-order valence-corrected chi connectivity index (χ2v) is 3.51. The molecule has 4 nitrogen and oxygen atoms in total. The number of nitroso groups, excluding NO2 is 1. The molecule has 0 aromatic carbocycles. The Balaban J connectivity index is 1.96. The quantitative estimate of drug-likeness (QED) is 0.570. The Morgan fingerprint density at radius 2 is 2.42 bits per heavy atom. The van der Waals surface area contributed by atoms with Gasteiger partial charge in [0.2, 0.25) is 0 Å². The van der Waals surface area contributed by atoms with Gasteiger partial charge in [-0.15, -0.1) is 0 Å². The molecule has 2 aliphatic rings. The van der Waals surface area contributed by atoms with E-state index in [0.717, 1.165) is 26.2 Å². The van der Waals surface area contributed by atoms with E-state index >= 15 is 0 Å². The van der Waals surface area contributed by atoms with E-state index in [0.29, 0.717) is 18.6 Å². The Morgan fingerprint density at radius 3 is 3.25 bits per heavy atom. The van der Waals surface area contributed by atoms with E-state index in [4.69, 9.17) is 4.74 Å². The topological polar surface area (TPSA) is 41.9 Å².